The number of ether oxygens (including phenoxy) is 1. The van der Waals surface area contributed by atoms with Crippen molar-refractivity contribution in [2.24, 2.45) is 0 Å². The van der Waals surface area contributed by atoms with Crippen molar-refractivity contribution >= 4 is 40.3 Å². The average Bonchev–Trinajstić information content (AvgIpc) is 3.59. The van der Waals surface area contributed by atoms with Gasteiger partial charge in [0.15, 0.2) is 11.6 Å². The largest absolute Gasteiger partial charge is 0.490 e. The van der Waals surface area contributed by atoms with E-state index in [4.69, 9.17) is 9.15 Å². The molecule has 0 aliphatic rings. The molecule has 0 saturated carbocycles. The number of hydrogen-bond acceptors (Lipinski definition) is 7. The molecular formula is C28H21N3O4S. The van der Waals surface area contributed by atoms with Crippen molar-refractivity contribution < 1.29 is 13.9 Å². The molecule has 0 aliphatic heterocycles. The number of rotatable bonds is 8. The molecule has 0 saturated heterocycles. The SMILES string of the molecule is C=CCOc1ccc(/C=C/c2nc3s/c(=C\c4ccc(-c5ccc(C(C)=O)cc5)o4)c(=O)n3n2)cc1. The van der Waals surface area contributed by atoms with Gasteiger partial charge in [-0.15, -0.1) is 5.10 Å². The highest BCUT2D eigenvalue weighted by Gasteiger charge is 2.10. The Hall–Kier alpha value is -4.56. The summed E-state index contributed by atoms with van der Waals surface area (Å²) in [6, 6.07) is 18.4. The van der Waals surface area contributed by atoms with E-state index in [0.717, 1.165) is 16.9 Å². The number of fused-ring (bicyclic) bond motifs is 1. The zero-order valence-corrected chi connectivity index (χ0v) is 20.2. The lowest BCUT2D eigenvalue weighted by molar-refractivity contribution is 0.101. The van der Waals surface area contributed by atoms with Crippen LogP contribution in [0.15, 0.2) is 82.5 Å². The molecule has 0 aliphatic carbocycles. The second-order valence-corrected chi connectivity index (χ2v) is 8.93. The van der Waals surface area contributed by atoms with Crippen LogP contribution in [-0.4, -0.2) is 27.0 Å². The van der Waals surface area contributed by atoms with Crippen molar-refractivity contribution in [1.29, 1.82) is 0 Å². The topological polar surface area (TPSA) is 86.7 Å². The summed E-state index contributed by atoms with van der Waals surface area (Å²) in [5, 5.41) is 4.33. The van der Waals surface area contributed by atoms with E-state index in [-0.39, 0.29) is 11.3 Å². The van der Waals surface area contributed by atoms with Crippen molar-refractivity contribution in [2.45, 2.75) is 6.92 Å². The van der Waals surface area contributed by atoms with Crippen molar-refractivity contribution in [2.75, 3.05) is 6.61 Å². The molecule has 8 heteroatoms. The van der Waals surface area contributed by atoms with Gasteiger partial charge in [-0.05, 0) is 42.8 Å². The van der Waals surface area contributed by atoms with E-state index in [2.05, 4.69) is 16.7 Å². The third kappa shape index (κ3) is 4.94. The predicted octanol–water partition coefficient (Wildman–Crippen LogP) is 4.90. The van der Waals surface area contributed by atoms with Gasteiger partial charge in [0, 0.05) is 17.2 Å². The summed E-state index contributed by atoms with van der Waals surface area (Å²) in [5.41, 5.74) is 2.19. The fourth-order valence-electron chi connectivity index (χ4n) is 3.50. The van der Waals surface area contributed by atoms with Crippen LogP contribution < -0.4 is 14.8 Å². The minimum atomic E-state index is -0.255. The maximum Gasteiger partial charge on any atom is 0.291 e. The number of ketones is 1. The van der Waals surface area contributed by atoms with Gasteiger partial charge in [0.05, 0.1) is 0 Å². The van der Waals surface area contributed by atoms with E-state index in [1.165, 1.54) is 22.8 Å². The highest BCUT2D eigenvalue weighted by Crippen LogP contribution is 2.23. The van der Waals surface area contributed by atoms with Gasteiger partial charge in [0.1, 0.15) is 28.4 Å². The highest BCUT2D eigenvalue weighted by molar-refractivity contribution is 7.15. The number of Topliss-reactive ketones (excluding diaryl/α,β-unsaturated/α-hetero) is 1. The summed E-state index contributed by atoms with van der Waals surface area (Å²) < 4.78 is 13.1. The van der Waals surface area contributed by atoms with Crippen LogP contribution in [0.1, 0.15) is 34.4 Å². The minimum Gasteiger partial charge on any atom is -0.490 e. The van der Waals surface area contributed by atoms with Gasteiger partial charge in [-0.3, -0.25) is 9.59 Å². The highest BCUT2D eigenvalue weighted by atomic mass is 32.1. The van der Waals surface area contributed by atoms with Gasteiger partial charge in [-0.2, -0.15) is 9.50 Å². The lowest BCUT2D eigenvalue weighted by Crippen LogP contribution is -2.23. The van der Waals surface area contributed by atoms with Gasteiger partial charge < -0.3 is 9.15 Å². The number of carbonyl (C=O) groups excluding carboxylic acids is 1. The van der Waals surface area contributed by atoms with Crippen LogP contribution in [-0.2, 0) is 0 Å². The normalized spacial score (nSPS) is 12.0. The summed E-state index contributed by atoms with van der Waals surface area (Å²) in [6.07, 6.45) is 7.02. The lowest BCUT2D eigenvalue weighted by Gasteiger charge is -2.02. The fraction of sp³-hybridized carbons (Fsp3) is 0.0714. The van der Waals surface area contributed by atoms with E-state index >= 15 is 0 Å². The molecule has 5 aromatic rings. The fourth-order valence-corrected chi connectivity index (χ4v) is 4.40. The molecule has 36 heavy (non-hydrogen) atoms. The van der Waals surface area contributed by atoms with Gasteiger partial charge in [-0.25, -0.2) is 0 Å². The predicted molar refractivity (Wildman–Crippen MR) is 141 cm³/mol. The first-order chi connectivity index (χ1) is 17.5. The Morgan fingerprint density at radius 2 is 1.86 bits per heavy atom. The van der Waals surface area contributed by atoms with Gasteiger partial charge in [0.25, 0.3) is 5.56 Å². The Morgan fingerprint density at radius 3 is 2.56 bits per heavy atom. The molecule has 178 valence electrons. The van der Waals surface area contributed by atoms with Crippen LogP contribution in [0.25, 0.3) is 34.5 Å². The number of benzene rings is 2. The molecule has 2 aromatic carbocycles. The monoisotopic (exact) mass is 495 g/mol. The van der Waals surface area contributed by atoms with Crippen LogP contribution in [0.2, 0.25) is 0 Å². The summed E-state index contributed by atoms with van der Waals surface area (Å²) in [6.45, 7) is 5.62. The molecule has 3 heterocycles. The van der Waals surface area contributed by atoms with Crippen LogP contribution in [0, 0.1) is 0 Å². The molecular weight excluding hydrogens is 474 g/mol. The molecule has 0 N–H and O–H groups in total. The number of carbonyl (C=O) groups is 1. The van der Waals surface area contributed by atoms with E-state index in [1.54, 1.807) is 36.4 Å². The van der Waals surface area contributed by atoms with Crippen molar-refractivity contribution in [3.05, 3.63) is 111 Å². The van der Waals surface area contributed by atoms with Crippen molar-refractivity contribution in [3.8, 4) is 17.1 Å². The molecule has 5 rings (SSSR count). The maximum atomic E-state index is 12.8. The summed E-state index contributed by atoms with van der Waals surface area (Å²) in [7, 11) is 0. The molecule has 0 unspecified atom stereocenters. The van der Waals surface area contributed by atoms with Gasteiger partial charge in [-0.1, -0.05) is 66.5 Å². The maximum absolute atomic E-state index is 12.8. The van der Waals surface area contributed by atoms with Crippen LogP contribution in [0.5, 0.6) is 5.75 Å². The number of hydrogen-bond donors (Lipinski definition) is 0. The average molecular weight is 496 g/mol. The summed E-state index contributed by atoms with van der Waals surface area (Å²) in [5.74, 6) is 2.42. The van der Waals surface area contributed by atoms with Crippen molar-refractivity contribution in [3.63, 3.8) is 0 Å². The third-order valence-corrected chi connectivity index (χ3v) is 6.31. The Labute approximate surface area is 210 Å². The lowest BCUT2D eigenvalue weighted by atomic mass is 10.1. The summed E-state index contributed by atoms with van der Waals surface area (Å²) in [4.78, 5) is 29.3. The number of aromatic nitrogens is 3. The molecule has 0 fully saturated rings. The first-order valence-electron chi connectivity index (χ1n) is 11.1. The van der Waals surface area contributed by atoms with Crippen LogP contribution >= 0.6 is 11.3 Å². The Morgan fingerprint density at radius 1 is 1.08 bits per heavy atom. The second-order valence-electron chi connectivity index (χ2n) is 7.92. The Balaban J connectivity index is 1.34. The van der Waals surface area contributed by atoms with E-state index < -0.39 is 0 Å². The molecule has 0 spiro atoms. The molecule has 0 bridgehead atoms. The zero-order valence-electron chi connectivity index (χ0n) is 19.4. The van der Waals surface area contributed by atoms with Gasteiger partial charge in [0.2, 0.25) is 4.96 Å². The molecule has 0 amide bonds. The van der Waals surface area contributed by atoms with Crippen LogP contribution in [0.4, 0.5) is 0 Å². The standard InChI is InChI=1S/C28H21N3O4S/c1-3-16-34-22-11-4-19(5-12-22)6-15-26-29-28-31(30-26)27(33)25(36-28)17-23-13-14-24(35-23)21-9-7-20(8-10-21)18(2)32/h3-15,17H,1,16H2,2H3/b15-6+,25-17-. The molecule has 0 radical (unpaired) electrons. The molecule has 7 nitrogen and oxygen atoms in total. The van der Waals surface area contributed by atoms with E-state index in [0.29, 0.717) is 39.0 Å². The van der Waals surface area contributed by atoms with E-state index in [9.17, 15) is 9.59 Å². The zero-order chi connectivity index (χ0) is 25.1. The van der Waals surface area contributed by atoms with Crippen molar-refractivity contribution in [1.82, 2.24) is 14.6 Å². The van der Waals surface area contributed by atoms with Crippen LogP contribution in [0.3, 0.4) is 0 Å². The second kappa shape index (κ2) is 9.97. The van der Waals surface area contributed by atoms with E-state index in [1.807, 2.05) is 48.5 Å². The summed E-state index contributed by atoms with van der Waals surface area (Å²) >= 11 is 1.25. The van der Waals surface area contributed by atoms with Gasteiger partial charge >= 0.3 is 0 Å². The smallest absolute Gasteiger partial charge is 0.291 e. The first-order valence-corrected chi connectivity index (χ1v) is 12.0. The quantitative estimate of drug-likeness (QED) is 0.225. The number of furan rings is 1. The Bertz CT molecular complexity index is 1690. The minimum absolute atomic E-state index is 0.0108. The molecule has 3 aromatic heterocycles. The Kier molecular flexibility index (Phi) is 6.42. The number of thiazole rings is 1. The third-order valence-electron chi connectivity index (χ3n) is 5.35. The molecule has 0 atom stereocenters. The first kappa shape index (κ1) is 23.2. The number of nitrogens with zero attached hydrogens (tertiary/aromatic N) is 3.